The minimum atomic E-state index is -0.835. The average molecular weight is 236 g/mol. The lowest BCUT2D eigenvalue weighted by Gasteiger charge is -2.14. The monoisotopic (exact) mass is 236 g/mol. The van der Waals surface area contributed by atoms with Crippen LogP contribution in [0.15, 0.2) is 24.3 Å². The molecule has 90 valence electrons. The lowest BCUT2D eigenvalue weighted by molar-refractivity contribution is -0.384. The highest BCUT2D eigenvalue weighted by Gasteiger charge is 2.33. The second kappa shape index (κ2) is 4.50. The van der Waals surface area contributed by atoms with E-state index in [0.717, 1.165) is 5.56 Å². The van der Waals surface area contributed by atoms with Gasteiger partial charge in [0.15, 0.2) is 0 Å². The fourth-order valence-electron chi connectivity index (χ4n) is 2.13. The van der Waals surface area contributed by atoms with Crippen LogP contribution in [0.25, 0.3) is 0 Å². The molecule has 2 rings (SSSR count). The van der Waals surface area contributed by atoms with Crippen molar-refractivity contribution in [2.75, 3.05) is 13.1 Å². The van der Waals surface area contributed by atoms with Crippen LogP contribution in [0.2, 0.25) is 0 Å². The van der Waals surface area contributed by atoms with Gasteiger partial charge in [-0.2, -0.15) is 0 Å². The van der Waals surface area contributed by atoms with Crippen LogP contribution in [-0.4, -0.2) is 29.1 Å². The van der Waals surface area contributed by atoms with Gasteiger partial charge in [0.25, 0.3) is 5.69 Å². The van der Waals surface area contributed by atoms with E-state index in [9.17, 15) is 14.9 Å². The van der Waals surface area contributed by atoms with Gasteiger partial charge in [0.05, 0.1) is 10.8 Å². The van der Waals surface area contributed by atoms with Crippen LogP contribution >= 0.6 is 0 Å². The number of benzene rings is 1. The number of non-ortho nitro benzene ring substituents is 1. The van der Waals surface area contributed by atoms with Crippen molar-refractivity contribution in [1.29, 1.82) is 0 Å². The smallest absolute Gasteiger partial charge is 0.308 e. The molecular weight excluding hydrogens is 224 g/mol. The highest BCUT2D eigenvalue weighted by atomic mass is 16.6. The van der Waals surface area contributed by atoms with Crippen molar-refractivity contribution in [1.82, 2.24) is 5.32 Å². The van der Waals surface area contributed by atoms with E-state index in [1.807, 2.05) is 0 Å². The third-order valence-corrected chi connectivity index (χ3v) is 3.06. The fraction of sp³-hybridized carbons (Fsp3) is 0.364. The summed E-state index contributed by atoms with van der Waals surface area (Å²) in [7, 11) is 0. The molecule has 0 saturated carbocycles. The van der Waals surface area contributed by atoms with E-state index >= 15 is 0 Å². The Kier molecular flexibility index (Phi) is 3.06. The first-order valence-corrected chi connectivity index (χ1v) is 5.27. The summed E-state index contributed by atoms with van der Waals surface area (Å²) in [6.07, 6.45) is 0. The van der Waals surface area contributed by atoms with Crippen molar-refractivity contribution >= 4 is 11.7 Å². The normalized spacial score (nSPS) is 23.5. The molecule has 1 aromatic carbocycles. The molecule has 17 heavy (non-hydrogen) atoms. The van der Waals surface area contributed by atoms with Gasteiger partial charge in [-0.15, -0.1) is 0 Å². The predicted molar refractivity (Wildman–Crippen MR) is 59.8 cm³/mol. The minimum Gasteiger partial charge on any atom is -0.481 e. The number of hydrogen-bond donors (Lipinski definition) is 2. The van der Waals surface area contributed by atoms with E-state index in [-0.39, 0.29) is 11.6 Å². The number of carboxylic acids is 1. The van der Waals surface area contributed by atoms with Gasteiger partial charge >= 0.3 is 5.97 Å². The average Bonchev–Trinajstić information content (AvgIpc) is 2.78. The van der Waals surface area contributed by atoms with E-state index in [4.69, 9.17) is 5.11 Å². The fourth-order valence-corrected chi connectivity index (χ4v) is 2.13. The molecule has 1 aliphatic rings. The first-order valence-electron chi connectivity index (χ1n) is 5.27. The molecule has 0 amide bonds. The molecule has 1 aromatic rings. The Bertz CT molecular complexity index is 443. The number of carboxylic acid groups (broad SMARTS) is 1. The van der Waals surface area contributed by atoms with Gasteiger partial charge in [0, 0.05) is 31.1 Å². The molecule has 0 spiro atoms. The SMILES string of the molecule is O=C(O)C1CNCC1c1ccc([N+](=O)[O-])cc1. The highest BCUT2D eigenvalue weighted by Crippen LogP contribution is 2.29. The summed E-state index contributed by atoms with van der Waals surface area (Å²) < 4.78 is 0. The Hall–Kier alpha value is -1.95. The standard InChI is InChI=1S/C11H12N2O4/c14-11(15)10-6-12-5-9(10)7-1-3-8(4-2-7)13(16)17/h1-4,9-10,12H,5-6H2,(H,14,15). The van der Waals surface area contributed by atoms with Gasteiger partial charge in [0.2, 0.25) is 0 Å². The first kappa shape index (κ1) is 11.5. The molecule has 2 unspecified atom stereocenters. The molecule has 0 bridgehead atoms. The molecule has 0 aliphatic carbocycles. The summed E-state index contributed by atoms with van der Waals surface area (Å²) in [5.41, 5.74) is 0.847. The van der Waals surface area contributed by atoms with E-state index in [1.54, 1.807) is 12.1 Å². The summed E-state index contributed by atoms with van der Waals surface area (Å²) in [6, 6.07) is 6.08. The number of nitro groups is 1. The quantitative estimate of drug-likeness (QED) is 0.603. The summed E-state index contributed by atoms with van der Waals surface area (Å²) in [4.78, 5) is 21.1. The Morgan fingerprint density at radius 1 is 1.35 bits per heavy atom. The summed E-state index contributed by atoms with van der Waals surface area (Å²) in [5.74, 6) is -1.41. The number of nitro benzene ring substituents is 1. The van der Waals surface area contributed by atoms with Crippen molar-refractivity contribution in [2.24, 2.45) is 5.92 Å². The maximum absolute atomic E-state index is 11.0. The van der Waals surface area contributed by atoms with Crippen LogP contribution in [0, 0.1) is 16.0 Å². The van der Waals surface area contributed by atoms with Gasteiger partial charge in [-0.05, 0) is 5.56 Å². The summed E-state index contributed by atoms with van der Waals surface area (Å²) in [5, 5.41) is 22.6. The molecule has 2 atom stereocenters. The maximum Gasteiger partial charge on any atom is 0.308 e. The topological polar surface area (TPSA) is 92.5 Å². The van der Waals surface area contributed by atoms with E-state index in [2.05, 4.69) is 5.32 Å². The molecule has 1 fully saturated rings. The number of carbonyl (C=O) groups is 1. The maximum atomic E-state index is 11.0. The third kappa shape index (κ3) is 2.26. The van der Waals surface area contributed by atoms with Gasteiger partial charge in [-0.1, -0.05) is 12.1 Å². The lowest BCUT2D eigenvalue weighted by Crippen LogP contribution is -2.20. The number of hydrogen-bond acceptors (Lipinski definition) is 4. The Labute approximate surface area is 97.4 Å². The molecule has 6 heteroatoms. The minimum absolute atomic E-state index is 0.0200. The molecule has 1 saturated heterocycles. The van der Waals surface area contributed by atoms with Crippen LogP contribution < -0.4 is 5.32 Å². The number of nitrogens with one attached hydrogen (secondary N) is 1. The van der Waals surface area contributed by atoms with Gasteiger partial charge in [0.1, 0.15) is 0 Å². The molecule has 1 heterocycles. The zero-order valence-corrected chi connectivity index (χ0v) is 9.00. The summed E-state index contributed by atoms with van der Waals surface area (Å²) >= 11 is 0. The highest BCUT2D eigenvalue weighted by molar-refractivity contribution is 5.72. The zero-order chi connectivity index (χ0) is 12.4. The Balaban J connectivity index is 2.22. The molecule has 6 nitrogen and oxygen atoms in total. The van der Waals surface area contributed by atoms with Crippen molar-refractivity contribution in [3.63, 3.8) is 0 Å². The first-order chi connectivity index (χ1) is 8.09. The largest absolute Gasteiger partial charge is 0.481 e. The second-order valence-electron chi connectivity index (χ2n) is 4.06. The van der Waals surface area contributed by atoms with E-state index < -0.39 is 16.8 Å². The molecule has 1 aliphatic heterocycles. The lowest BCUT2D eigenvalue weighted by atomic mass is 9.89. The molecule has 2 N–H and O–H groups in total. The second-order valence-corrected chi connectivity index (χ2v) is 4.06. The third-order valence-electron chi connectivity index (χ3n) is 3.06. The van der Waals surface area contributed by atoms with Gasteiger partial charge in [-0.3, -0.25) is 14.9 Å². The number of aliphatic carboxylic acids is 1. The van der Waals surface area contributed by atoms with Crippen LogP contribution in [-0.2, 0) is 4.79 Å². The Morgan fingerprint density at radius 3 is 2.53 bits per heavy atom. The van der Waals surface area contributed by atoms with Gasteiger partial charge in [-0.25, -0.2) is 0 Å². The van der Waals surface area contributed by atoms with Crippen molar-refractivity contribution < 1.29 is 14.8 Å². The zero-order valence-electron chi connectivity index (χ0n) is 9.00. The predicted octanol–water partition coefficient (Wildman–Crippen LogP) is 0.982. The van der Waals surface area contributed by atoms with Crippen LogP contribution in [0.3, 0.4) is 0 Å². The van der Waals surface area contributed by atoms with E-state index in [1.165, 1.54) is 12.1 Å². The molecule has 0 aromatic heterocycles. The van der Waals surface area contributed by atoms with Crippen molar-refractivity contribution in [3.05, 3.63) is 39.9 Å². The van der Waals surface area contributed by atoms with Crippen LogP contribution in [0.1, 0.15) is 11.5 Å². The van der Waals surface area contributed by atoms with Crippen LogP contribution in [0.5, 0.6) is 0 Å². The van der Waals surface area contributed by atoms with Crippen molar-refractivity contribution in [2.45, 2.75) is 5.92 Å². The van der Waals surface area contributed by atoms with E-state index in [0.29, 0.717) is 13.1 Å². The number of nitrogens with zero attached hydrogens (tertiary/aromatic N) is 1. The van der Waals surface area contributed by atoms with Crippen LogP contribution in [0.4, 0.5) is 5.69 Å². The van der Waals surface area contributed by atoms with Gasteiger partial charge < -0.3 is 10.4 Å². The van der Waals surface area contributed by atoms with Crippen molar-refractivity contribution in [3.8, 4) is 0 Å². The number of rotatable bonds is 3. The molecular formula is C11H12N2O4. The summed E-state index contributed by atoms with van der Waals surface area (Å²) in [6.45, 7) is 1.03. The molecule has 0 radical (unpaired) electrons. The Morgan fingerprint density at radius 2 is 2.00 bits per heavy atom.